The summed E-state index contributed by atoms with van der Waals surface area (Å²) >= 11 is 0. The Kier molecular flexibility index (Phi) is 3.47. The normalized spacial score (nSPS) is 27.3. The molecule has 2 atom stereocenters. The average Bonchev–Trinajstić information content (AvgIpc) is 3.08. The fourth-order valence-corrected chi connectivity index (χ4v) is 4.14. The molecular weight excluding hydrogens is 262 g/mol. The molecule has 0 spiro atoms. The lowest BCUT2D eigenvalue weighted by Gasteiger charge is -2.23. The molecule has 1 fully saturated rings. The maximum absolute atomic E-state index is 4.79. The zero-order valence-electron chi connectivity index (χ0n) is 12.2. The summed E-state index contributed by atoms with van der Waals surface area (Å²) in [7, 11) is 0. The van der Waals surface area contributed by atoms with Crippen LogP contribution in [-0.2, 0) is 19.3 Å². The molecule has 110 valence electrons. The number of nitrogens with zero attached hydrogens (tertiary/aromatic N) is 2. The summed E-state index contributed by atoms with van der Waals surface area (Å²) < 4.78 is 4.79. The van der Waals surface area contributed by atoms with Crippen LogP contribution in [0.25, 0.3) is 0 Å². The lowest BCUT2D eigenvalue weighted by molar-refractivity contribution is 0.342. The monoisotopic (exact) mass is 283 g/mol. The number of hydrogen-bond donors (Lipinski definition) is 1. The Morgan fingerprint density at radius 2 is 1.81 bits per heavy atom. The zero-order chi connectivity index (χ0) is 14.1. The van der Waals surface area contributed by atoms with E-state index >= 15 is 0 Å². The smallest absolute Gasteiger partial charge is 0.213 e. The van der Waals surface area contributed by atoms with Crippen LogP contribution in [0.15, 0.2) is 35.2 Å². The minimum atomic E-state index is 0.643. The standard InChI is InChI=1S/C17H21N3O/c1-2-4-13-10-15-6-5-14(9-12(13)3-1)17(15)18-8-7-16-19-11-21-20-16/h1-4,11,14-15,17-18H,5-10H2. The van der Waals surface area contributed by atoms with Gasteiger partial charge in [0.2, 0.25) is 6.39 Å². The van der Waals surface area contributed by atoms with Crippen molar-refractivity contribution in [3.8, 4) is 0 Å². The highest BCUT2D eigenvalue weighted by Crippen LogP contribution is 2.39. The van der Waals surface area contributed by atoms with E-state index in [1.807, 2.05) is 0 Å². The first kappa shape index (κ1) is 13.0. The third kappa shape index (κ3) is 2.60. The van der Waals surface area contributed by atoms with Crippen molar-refractivity contribution >= 4 is 0 Å². The van der Waals surface area contributed by atoms with Crippen molar-refractivity contribution in [3.63, 3.8) is 0 Å². The van der Waals surface area contributed by atoms with Crippen LogP contribution in [0.5, 0.6) is 0 Å². The molecule has 2 unspecified atom stereocenters. The molecule has 0 aliphatic heterocycles. The maximum atomic E-state index is 4.79. The minimum Gasteiger partial charge on any atom is -0.343 e. The maximum Gasteiger partial charge on any atom is 0.213 e. The summed E-state index contributed by atoms with van der Waals surface area (Å²) in [5.74, 6) is 2.36. The van der Waals surface area contributed by atoms with Crippen LogP contribution < -0.4 is 5.32 Å². The Morgan fingerprint density at radius 1 is 1.10 bits per heavy atom. The van der Waals surface area contributed by atoms with Crippen molar-refractivity contribution in [2.24, 2.45) is 11.8 Å². The van der Waals surface area contributed by atoms with Gasteiger partial charge < -0.3 is 9.84 Å². The largest absolute Gasteiger partial charge is 0.343 e. The predicted molar refractivity (Wildman–Crippen MR) is 79.9 cm³/mol. The Hall–Kier alpha value is -1.68. The van der Waals surface area contributed by atoms with Crippen LogP contribution in [0, 0.1) is 11.8 Å². The molecule has 21 heavy (non-hydrogen) atoms. The quantitative estimate of drug-likeness (QED) is 0.936. The van der Waals surface area contributed by atoms with E-state index in [0.29, 0.717) is 6.04 Å². The fraction of sp³-hybridized carbons (Fsp3) is 0.529. The van der Waals surface area contributed by atoms with Crippen molar-refractivity contribution in [2.45, 2.75) is 38.1 Å². The molecule has 1 heterocycles. The van der Waals surface area contributed by atoms with E-state index in [1.54, 1.807) is 11.1 Å². The van der Waals surface area contributed by atoms with E-state index in [1.165, 1.54) is 32.1 Å². The first-order valence-corrected chi connectivity index (χ1v) is 7.95. The van der Waals surface area contributed by atoms with Crippen LogP contribution in [0.4, 0.5) is 0 Å². The summed E-state index contributed by atoms with van der Waals surface area (Å²) in [6.45, 7) is 0.938. The third-order valence-electron chi connectivity index (χ3n) is 5.14. The van der Waals surface area contributed by atoms with Gasteiger partial charge in [0.15, 0.2) is 5.82 Å². The summed E-state index contributed by atoms with van der Waals surface area (Å²) in [5, 5.41) is 7.65. The molecule has 4 nitrogen and oxygen atoms in total. The van der Waals surface area contributed by atoms with Crippen molar-refractivity contribution < 1.29 is 4.52 Å². The topological polar surface area (TPSA) is 51.0 Å². The van der Waals surface area contributed by atoms with Crippen LogP contribution >= 0.6 is 0 Å². The van der Waals surface area contributed by atoms with Crippen molar-refractivity contribution in [1.29, 1.82) is 0 Å². The van der Waals surface area contributed by atoms with Gasteiger partial charge in [0, 0.05) is 19.0 Å². The van der Waals surface area contributed by atoms with Gasteiger partial charge in [0.05, 0.1) is 0 Å². The number of rotatable bonds is 4. The molecule has 1 N–H and O–H groups in total. The second-order valence-electron chi connectivity index (χ2n) is 6.35. The molecule has 1 saturated carbocycles. The van der Waals surface area contributed by atoms with Gasteiger partial charge in [-0.25, -0.2) is 0 Å². The van der Waals surface area contributed by atoms with E-state index in [2.05, 4.69) is 39.7 Å². The van der Waals surface area contributed by atoms with Gasteiger partial charge in [-0.05, 0) is 48.6 Å². The van der Waals surface area contributed by atoms with Crippen LogP contribution in [0.2, 0.25) is 0 Å². The second-order valence-corrected chi connectivity index (χ2v) is 6.35. The molecule has 0 amide bonds. The molecule has 2 aliphatic carbocycles. The summed E-state index contributed by atoms with van der Waals surface area (Å²) in [4.78, 5) is 4.09. The molecule has 2 aliphatic rings. The van der Waals surface area contributed by atoms with Crippen molar-refractivity contribution in [2.75, 3.05) is 6.54 Å². The SMILES string of the molecule is c1ccc2c(c1)CC1CCC(C2)C1NCCc1ncon1. The lowest BCUT2D eigenvalue weighted by Crippen LogP contribution is -2.39. The molecule has 4 heteroatoms. The molecule has 4 rings (SSSR count). The molecule has 1 aromatic heterocycles. The Labute approximate surface area is 124 Å². The van der Waals surface area contributed by atoms with Gasteiger partial charge in [-0.1, -0.05) is 29.4 Å². The van der Waals surface area contributed by atoms with E-state index < -0.39 is 0 Å². The lowest BCUT2D eigenvalue weighted by atomic mass is 9.94. The minimum absolute atomic E-state index is 0.643. The van der Waals surface area contributed by atoms with E-state index in [4.69, 9.17) is 4.52 Å². The Morgan fingerprint density at radius 3 is 2.43 bits per heavy atom. The Bertz CT molecular complexity index is 563. The van der Waals surface area contributed by atoms with Gasteiger partial charge in [-0.3, -0.25) is 0 Å². The van der Waals surface area contributed by atoms with Gasteiger partial charge in [0.25, 0.3) is 0 Å². The van der Waals surface area contributed by atoms with Crippen LogP contribution in [-0.4, -0.2) is 22.7 Å². The summed E-state index contributed by atoms with van der Waals surface area (Å²) in [5.41, 5.74) is 3.13. The van der Waals surface area contributed by atoms with Gasteiger partial charge in [-0.15, -0.1) is 0 Å². The van der Waals surface area contributed by atoms with Crippen molar-refractivity contribution in [1.82, 2.24) is 15.5 Å². The first-order chi connectivity index (χ1) is 10.4. The number of aromatic nitrogens is 2. The molecule has 0 saturated heterocycles. The second kappa shape index (κ2) is 5.60. The van der Waals surface area contributed by atoms with Gasteiger partial charge >= 0.3 is 0 Å². The summed E-state index contributed by atoms with van der Waals surface area (Å²) in [6, 6.07) is 9.62. The van der Waals surface area contributed by atoms with Crippen LogP contribution in [0.1, 0.15) is 29.8 Å². The highest BCUT2D eigenvalue weighted by atomic mass is 16.5. The van der Waals surface area contributed by atoms with Gasteiger partial charge in [-0.2, -0.15) is 4.98 Å². The number of benzene rings is 1. The average molecular weight is 283 g/mol. The number of hydrogen-bond acceptors (Lipinski definition) is 4. The fourth-order valence-electron chi connectivity index (χ4n) is 4.14. The highest BCUT2D eigenvalue weighted by Gasteiger charge is 2.38. The predicted octanol–water partition coefficient (Wildman–Crippen LogP) is 2.40. The highest BCUT2D eigenvalue weighted by molar-refractivity contribution is 5.30. The molecular formula is C17H21N3O. The third-order valence-corrected chi connectivity index (χ3v) is 5.14. The molecule has 2 aromatic rings. The molecule has 0 radical (unpaired) electrons. The van der Waals surface area contributed by atoms with E-state index in [-0.39, 0.29) is 0 Å². The van der Waals surface area contributed by atoms with E-state index in [9.17, 15) is 0 Å². The number of fused-ring (bicyclic) bond motifs is 3. The Balaban J connectivity index is 1.43. The summed E-state index contributed by atoms with van der Waals surface area (Å²) in [6.07, 6.45) is 7.43. The van der Waals surface area contributed by atoms with Crippen LogP contribution in [0.3, 0.4) is 0 Å². The van der Waals surface area contributed by atoms with Gasteiger partial charge in [0.1, 0.15) is 0 Å². The zero-order valence-corrected chi connectivity index (χ0v) is 12.2. The molecule has 2 bridgehead atoms. The first-order valence-electron chi connectivity index (χ1n) is 7.95. The van der Waals surface area contributed by atoms with Crippen molar-refractivity contribution in [3.05, 3.63) is 47.6 Å². The van der Waals surface area contributed by atoms with E-state index in [0.717, 1.165) is 30.6 Å². The number of nitrogens with one attached hydrogen (secondary N) is 1. The molecule has 1 aromatic carbocycles.